The molecule has 7 heteroatoms. The minimum absolute atomic E-state index is 0.140. The third-order valence-corrected chi connectivity index (χ3v) is 5.88. The van der Waals surface area contributed by atoms with Gasteiger partial charge in [0.05, 0.1) is 19.1 Å². The van der Waals surface area contributed by atoms with Crippen LogP contribution < -0.4 is 14.8 Å². The van der Waals surface area contributed by atoms with E-state index >= 15 is 0 Å². The summed E-state index contributed by atoms with van der Waals surface area (Å²) in [6.07, 6.45) is 3.90. The molecule has 1 heterocycles. The molecule has 0 saturated heterocycles. The number of nitrogens with zero attached hydrogens (tertiary/aromatic N) is 1. The number of hydrogen-bond acceptors (Lipinski definition) is 5. The van der Waals surface area contributed by atoms with Crippen LogP contribution in [0.3, 0.4) is 0 Å². The molecule has 0 radical (unpaired) electrons. The van der Waals surface area contributed by atoms with Crippen LogP contribution in [0.4, 0.5) is 5.69 Å². The number of aromatic nitrogens is 1. The summed E-state index contributed by atoms with van der Waals surface area (Å²) in [6.45, 7) is 2.18. The summed E-state index contributed by atoms with van der Waals surface area (Å²) < 4.78 is 10.7. The van der Waals surface area contributed by atoms with Gasteiger partial charge in [0.25, 0.3) is 5.69 Å². The van der Waals surface area contributed by atoms with Crippen LogP contribution in [0.25, 0.3) is 10.9 Å². The highest BCUT2D eigenvalue weighted by Crippen LogP contribution is 2.36. The van der Waals surface area contributed by atoms with Gasteiger partial charge in [-0.25, -0.2) is 0 Å². The van der Waals surface area contributed by atoms with E-state index in [1.165, 1.54) is 11.1 Å². The smallest absolute Gasteiger partial charge is 0.270 e. The van der Waals surface area contributed by atoms with E-state index in [-0.39, 0.29) is 22.7 Å². The molecule has 2 aromatic carbocycles. The molecule has 30 heavy (non-hydrogen) atoms. The molecule has 2 N–H and O–H groups in total. The van der Waals surface area contributed by atoms with Crippen LogP contribution in [0.15, 0.2) is 36.4 Å². The van der Waals surface area contributed by atoms with Crippen molar-refractivity contribution in [3.05, 3.63) is 63.3 Å². The minimum Gasteiger partial charge on any atom is -0.493 e. The number of methoxy groups -OCH3 is 2. The number of rotatable bonds is 7. The van der Waals surface area contributed by atoms with Gasteiger partial charge in [-0.3, -0.25) is 10.1 Å². The predicted octanol–water partition coefficient (Wildman–Crippen LogP) is 4.69. The molecule has 0 saturated carbocycles. The zero-order valence-corrected chi connectivity index (χ0v) is 17.5. The molecule has 1 aliphatic carbocycles. The summed E-state index contributed by atoms with van der Waals surface area (Å²) in [6, 6.07) is 11.5. The molecule has 0 bridgehead atoms. The number of fused-ring (bicyclic) bond motifs is 3. The number of hydrogen-bond donors (Lipinski definition) is 2. The number of nitro groups is 1. The second-order valence-corrected chi connectivity index (χ2v) is 7.91. The Morgan fingerprint density at radius 1 is 1.20 bits per heavy atom. The Bertz CT molecular complexity index is 1080. The second-order valence-electron chi connectivity index (χ2n) is 7.91. The number of aromatic amines is 1. The van der Waals surface area contributed by atoms with E-state index < -0.39 is 0 Å². The van der Waals surface area contributed by atoms with Gasteiger partial charge in [0, 0.05) is 40.8 Å². The molecular weight excluding hydrogens is 382 g/mol. The van der Waals surface area contributed by atoms with Gasteiger partial charge >= 0.3 is 0 Å². The van der Waals surface area contributed by atoms with Gasteiger partial charge in [-0.1, -0.05) is 6.07 Å². The number of benzene rings is 2. The molecular formula is C23H27N3O4. The summed E-state index contributed by atoms with van der Waals surface area (Å²) in [4.78, 5) is 14.4. The number of non-ortho nitro benzene ring substituents is 1. The SMILES string of the molecule is COc1ccc(C[C@@H](C)N[C@H]2CCCc3c2[nH]c2ccc([N+](=O)[O-])cc32)cc1OC. The van der Waals surface area contributed by atoms with Gasteiger partial charge in [0.1, 0.15) is 0 Å². The minimum atomic E-state index is -0.331. The first-order valence-electron chi connectivity index (χ1n) is 10.3. The van der Waals surface area contributed by atoms with Crippen molar-refractivity contribution in [3.8, 4) is 11.5 Å². The van der Waals surface area contributed by atoms with E-state index in [0.717, 1.165) is 53.8 Å². The fourth-order valence-corrected chi connectivity index (χ4v) is 4.49. The largest absolute Gasteiger partial charge is 0.493 e. The molecule has 3 aromatic rings. The fourth-order valence-electron chi connectivity index (χ4n) is 4.49. The van der Waals surface area contributed by atoms with Crippen LogP contribution in [-0.2, 0) is 12.8 Å². The van der Waals surface area contributed by atoms with Crippen molar-refractivity contribution in [1.29, 1.82) is 0 Å². The topological polar surface area (TPSA) is 89.4 Å². The lowest BCUT2D eigenvalue weighted by Crippen LogP contribution is -2.34. The fraction of sp³-hybridized carbons (Fsp3) is 0.391. The van der Waals surface area contributed by atoms with Gasteiger partial charge in [0.15, 0.2) is 11.5 Å². The van der Waals surface area contributed by atoms with Crippen LogP contribution in [-0.4, -0.2) is 30.2 Å². The number of aryl methyl sites for hydroxylation is 1. The van der Waals surface area contributed by atoms with Gasteiger partial charge in [-0.15, -0.1) is 0 Å². The third-order valence-electron chi connectivity index (χ3n) is 5.88. The molecule has 1 aliphatic rings. The lowest BCUT2D eigenvalue weighted by Gasteiger charge is -2.27. The Hall–Kier alpha value is -3.06. The van der Waals surface area contributed by atoms with Gasteiger partial charge in [0.2, 0.25) is 0 Å². The Labute approximate surface area is 175 Å². The molecule has 1 aromatic heterocycles. The van der Waals surface area contributed by atoms with Gasteiger partial charge < -0.3 is 19.8 Å². The highest BCUT2D eigenvalue weighted by atomic mass is 16.6. The van der Waals surface area contributed by atoms with Gasteiger partial charge in [-0.05, 0) is 61.9 Å². The Morgan fingerprint density at radius 3 is 2.73 bits per heavy atom. The van der Waals surface area contributed by atoms with Crippen LogP contribution in [0.2, 0.25) is 0 Å². The maximum Gasteiger partial charge on any atom is 0.270 e. The standard InChI is InChI=1S/C23H27N3O4/c1-14(11-15-7-10-21(29-2)22(12-15)30-3)24-20-6-4-5-17-18-13-16(26(27)28)8-9-19(18)25-23(17)20/h7-10,12-14,20,24-25H,4-6,11H2,1-3H3/t14-,20+/m1/s1. The maximum atomic E-state index is 11.2. The average Bonchev–Trinajstić information content (AvgIpc) is 3.12. The molecule has 0 fully saturated rings. The first-order chi connectivity index (χ1) is 14.5. The lowest BCUT2D eigenvalue weighted by atomic mass is 9.91. The highest BCUT2D eigenvalue weighted by molar-refractivity contribution is 5.87. The molecule has 4 rings (SSSR count). The number of nitro benzene ring substituents is 1. The Balaban J connectivity index is 1.53. The second kappa shape index (κ2) is 8.36. The van der Waals surface area contributed by atoms with E-state index in [0.29, 0.717) is 0 Å². The molecule has 0 aliphatic heterocycles. The average molecular weight is 409 g/mol. The van der Waals surface area contributed by atoms with Crippen LogP contribution in [0.1, 0.15) is 42.6 Å². The van der Waals surface area contributed by atoms with Crippen molar-refractivity contribution in [2.75, 3.05) is 14.2 Å². The first-order valence-corrected chi connectivity index (χ1v) is 10.3. The van der Waals surface area contributed by atoms with E-state index in [9.17, 15) is 10.1 Å². The third kappa shape index (κ3) is 3.85. The summed E-state index contributed by atoms with van der Waals surface area (Å²) in [5.41, 5.74) is 4.65. The summed E-state index contributed by atoms with van der Waals surface area (Å²) in [7, 11) is 3.28. The molecule has 2 atom stereocenters. The van der Waals surface area contributed by atoms with Gasteiger partial charge in [-0.2, -0.15) is 0 Å². The first kappa shape index (κ1) is 20.2. The van der Waals surface area contributed by atoms with E-state index in [4.69, 9.17) is 9.47 Å². The van der Waals surface area contributed by atoms with Crippen molar-refractivity contribution in [1.82, 2.24) is 10.3 Å². The van der Waals surface area contributed by atoms with Crippen LogP contribution >= 0.6 is 0 Å². The zero-order chi connectivity index (χ0) is 21.3. The zero-order valence-electron chi connectivity index (χ0n) is 17.5. The number of H-pyrrole nitrogens is 1. The number of ether oxygens (including phenoxy) is 2. The summed E-state index contributed by atoms with van der Waals surface area (Å²) >= 11 is 0. The van der Waals surface area contributed by atoms with Crippen molar-refractivity contribution >= 4 is 16.6 Å². The summed E-state index contributed by atoms with van der Waals surface area (Å²) in [5.74, 6) is 1.46. The lowest BCUT2D eigenvalue weighted by molar-refractivity contribution is -0.384. The summed E-state index contributed by atoms with van der Waals surface area (Å²) in [5, 5.41) is 15.9. The van der Waals surface area contributed by atoms with Crippen LogP contribution in [0, 0.1) is 10.1 Å². The maximum absolute atomic E-state index is 11.2. The van der Waals surface area contributed by atoms with Crippen molar-refractivity contribution in [3.63, 3.8) is 0 Å². The monoisotopic (exact) mass is 409 g/mol. The van der Waals surface area contributed by atoms with Crippen LogP contribution in [0.5, 0.6) is 11.5 Å². The van der Waals surface area contributed by atoms with Crippen molar-refractivity contribution < 1.29 is 14.4 Å². The molecule has 0 unspecified atom stereocenters. The molecule has 0 spiro atoms. The Morgan fingerprint density at radius 2 is 2.00 bits per heavy atom. The highest BCUT2D eigenvalue weighted by Gasteiger charge is 2.26. The quantitative estimate of drug-likeness (QED) is 0.436. The normalized spacial score (nSPS) is 16.8. The molecule has 158 valence electrons. The molecule has 7 nitrogen and oxygen atoms in total. The van der Waals surface area contributed by atoms with Crippen molar-refractivity contribution in [2.45, 2.75) is 44.7 Å². The van der Waals surface area contributed by atoms with Crippen molar-refractivity contribution in [2.24, 2.45) is 0 Å². The van der Waals surface area contributed by atoms with E-state index in [1.54, 1.807) is 26.4 Å². The van der Waals surface area contributed by atoms with E-state index in [2.05, 4.69) is 23.3 Å². The Kier molecular flexibility index (Phi) is 5.63. The predicted molar refractivity (Wildman–Crippen MR) is 116 cm³/mol. The van der Waals surface area contributed by atoms with E-state index in [1.807, 2.05) is 18.2 Å². The molecule has 0 amide bonds. The number of nitrogens with one attached hydrogen (secondary N) is 2.